The largest absolute Gasteiger partial charge is 0.494 e. The van der Waals surface area contributed by atoms with Crippen LogP contribution in [0.3, 0.4) is 0 Å². The van der Waals surface area contributed by atoms with Crippen molar-refractivity contribution in [3.05, 3.63) is 80.6 Å². The van der Waals surface area contributed by atoms with E-state index in [4.69, 9.17) is 4.74 Å². The molecule has 2 heterocycles. The van der Waals surface area contributed by atoms with Gasteiger partial charge in [0.1, 0.15) is 11.3 Å². The van der Waals surface area contributed by atoms with Gasteiger partial charge in [-0.15, -0.1) is 0 Å². The van der Waals surface area contributed by atoms with Crippen molar-refractivity contribution >= 4 is 21.8 Å². The zero-order valence-corrected chi connectivity index (χ0v) is 15.1. The van der Waals surface area contributed by atoms with Crippen molar-refractivity contribution < 1.29 is 4.74 Å². The molecular weight excluding hydrogens is 342 g/mol. The number of aromatic amines is 2. The number of H-pyrrole nitrogens is 2. The lowest BCUT2D eigenvalue weighted by molar-refractivity contribution is 0.419. The highest BCUT2D eigenvalue weighted by Crippen LogP contribution is 2.28. The van der Waals surface area contributed by atoms with Gasteiger partial charge in [-0.25, -0.2) is 4.79 Å². The first-order valence-corrected chi connectivity index (χ1v) is 8.73. The highest BCUT2D eigenvalue weighted by atomic mass is 16.5. The Kier molecular flexibility index (Phi) is 4.24. The Labute approximate surface area is 154 Å². The summed E-state index contributed by atoms with van der Waals surface area (Å²) in [4.78, 5) is 32.0. The second kappa shape index (κ2) is 6.72. The number of hydrogen-bond acceptors (Lipinski definition) is 4. The number of nitrogens with one attached hydrogen (secondary N) is 2. The fourth-order valence-corrected chi connectivity index (χ4v) is 3.48. The highest BCUT2D eigenvalue weighted by Gasteiger charge is 2.13. The molecule has 2 aromatic heterocycles. The number of aromatic nitrogens is 3. The van der Waals surface area contributed by atoms with Crippen molar-refractivity contribution in [3.63, 3.8) is 0 Å². The minimum absolute atomic E-state index is 0.343. The minimum atomic E-state index is -0.539. The van der Waals surface area contributed by atoms with E-state index < -0.39 is 11.2 Å². The number of rotatable bonds is 1. The van der Waals surface area contributed by atoms with Gasteiger partial charge in [-0.2, -0.15) is 0 Å². The summed E-state index contributed by atoms with van der Waals surface area (Å²) in [6, 6.07) is 14.2. The summed E-state index contributed by atoms with van der Waals surface area (Å²) in [6.07, 6.45) is 2.68. The summed E-state index contributed by atoms with van der Waals surface area (Å²) < 4.78 is 5.20. The van der Waals surface area contributed by atoms with E-state index in [1.54, 1.807) is 25.3 Å². The highest BCUT2D eigenvalue weighted by molar-refractivity contribution is 6.04. The third-order valence-corrected chi connectivity index (χ3v) is 4.85. The number of pyridine rings is 1. The van der Waals surface area contributed by atoms with Gasteiger partial charge in [0.2, 0.25) is 0 Å². The van der Waals surface area contributed by atoms with Crippen molar-refractivity contribution in [3.8, 4) is 5.75 Å². The topological polar surface area (TPSA) is 87.8 Å². The van der Waals surface area contributed by atoms with Gasteiger partial charge in [0, 0.05) is 11.6 Å². The lowest BCUT2D eigenvalue weighted by Crippen LogP contribution is -2.22. The van der Waals surface area contributed by atoms with Gasteiger partial charge in [-0.1, -0.05) is 43.3 Å². The van der Waals surface area contributed by atoms with E-state index in [0.29, 0.717) is 27.6 Å². The summed E-state index contributed by atoms with van der Waals surface area (Å²) in [6.45, 7) is 2.28. The number of fused-ring (bicyclic) bond motifs is 5. The molecule has 1 unspecified atom stereocenters. The van der Waals surface area contributed by atoms with E-state index in [1.165, 1.54) is 23.7 Å². The van der Waals surface area contributed by atoms with Crippen LogP contribution in [-0.2, 0) is 6.42 Å². The normalized spacial score (nSPS) is 14.8. The van der Waals surface area contributed by atoms with Crippen LogP contribution in [-0.4, -0.2) is 22.1 Å². The van der Waals surface area contributed by atoms with Crippen LogP contribution in [0.2, 0.25) is 0 Å². The molecule has 136 valence electrons. The molecular formula is C21H19N3O3. The third kappa shape index (κ3) is 3.10. The van der Waals surface area contributed by atoms with Crippen LogP contribution >= 0.6 is 0 Å². The molecule has 4 aromatic rings. The monoisotopic (exact) mass is 361 g/mol. The molecule has 0 saturated carbocycles. The number of methoxy groups -OCH3 is 1. The predicted molar refractivity (Wildman–Crippen MR) is 106 cm³/mol. The lowest BCUT2D eigenvalue weighted by Gasteiger charge is -2.06. The summed E-state index contributed by atoms with van der Waals surface area (Å²) in [7, 11) is 1.54. The van der Waals surface area contributed by atoms with Gasteiger partial charge in [0.15, 0.2) is 0 Å². The van der Waals surface area contributed by atoms with E-state index in [0.717, 1.165) is 5.92 Å². The van der Waals surface area contributed by atoms with Crippen molar-refractivity contribution in [2.45, 2.75) is 19.3 Å². The van der Waals surface area contributed by atoms with Gasteiger partial charge in [-0.05, 0) is 29.5 Å². The first-order chi connectivity index (χ1) is 13.1. The molecule has 1 aliphatic rings. The Hall–Kier alpha value is -3.41. The van der Waals surface area contributed by atoms with Crippen LogP contribution in [0, 0.1) is 0 Å². The smallest absolute Gasteiger partial charge is 0.326 e. The Bertz CT molecular complexity index is 1260. The Balaban J connectivity index is 0.000000167. The van der Waals surface area contributed by atoms with Crippen molar-refractivity contribution in [1.29, 1.82) is 0 Å². The second-order valence-electron chi connectivity index (χ2n) is 6.66. The average molecular weight is 361 g/mol. The maximum Gasteiger partial charge on any atom is 0.326 e. The minimum Gasteiger partial charge on any atom is -0.494 e. The van der Waals surface area contributed by atoms with E-state index in [1.807, 2.05) is 0 Å². The average Bonchev–Trinajstić information content (AvgIpc) is 2.92. The molecule has 0 aliphatic heterocycles. The van der Waals surface area contributed by atoms with Crippen LogP contribution < -0.4 is 16.0 Å². The Morgan fingerprint density at radius 2 is 1.89 bits per heavy atom. The number of nitrogens with zero attached hydrogens (tertiary/aromatic N) is 1. The molecule has 5 rings (SSSR count). The van der Waals surface area contributed by atoms with Gasteiger partial charge < -0.3 is 9.72 Å². The fourth-order valence-electron chi connectivity index (χ4n) is 3.48. The standard InChI is InChI=1S/C12H9N3O3.C9H10/c1-18-8-4-2-3-6-9-7(5-13-10(6)8)11(16)15-12(17)14-9;1-7-5-8-3-2-4-9(7)6-8/h2-5H,1H3,(H2,14,15,16,17);2-4,6-7H,5H2,1H3. The molecule has 0 radical (unpaired) electrons. The Morgan fingerprint density at radius 1 is 1.07 bits per heavy atom. The first-order valence-electron chi connectivity index (χ1n) is 8.73. The number of ether oxygens (including phenoxy) is 1. The van der Waals surface area contributed by atoms with E-state index in [-0.39, 0.29) is 0 Å². The molecule has 0 amide bonds. The van der Waals surface area contributed by atoms with Crippen LogP contribution in [0.4, 0.5) is 0 Å². The van der Waals surface area contributed by atoms with Crippen LogP contribution in [0.15, 0.2) is 58.3 Å². The quantitative estimate of drug-likeness (QED) is 0.510. The van der Waals surface area contributed by atoms with E-state index in [2.05, 4.69) is 46.1 Å². The van der Waals surface area contributed by atoms with E-state index in [9.17, 15) is 9.59 Å². The lowest BCUT2D eigenvalue weighted by atomic mass is 10.1. The molecule has 2 aromatic carbocycles. The zero-order valence-electron chi connectivity index (χ0n) is 15.1. The Morgan fingerprint density at radius 3 is 2.63 bits per heavy atom. The van der Waals surface area contributed by atoms with Gasteiger partial charge in [-0.3, -0.25) is 14.8 Å². The van der Waals surface area contributed by atoms with Crippen LogP contribution in [0.5, 0.6) is 5.75 Å². The number of benzene rings is 2. The summed E-state index contributed by atoms with van der Waals surface area (Å²) in [5.74, 6) is 1.37. The summed E-state index contributed by atoms with van der Waals surface area (Å²) >= 11 is 0. The molecule has 0 spiro atoms. The predicted octanol–water partition coefficient (Wildman–Crippen LogP) is 3.12. The molecule has 1 atom stereocenters. The molecule has 2 bridgehead atoms. The molecule has 2 N–H and O–H groups in total. The van der Waals surface area contributed by atoms with Crippen molar-refractivity contribution in [1.82, 2.24) is 15.0 Å². The van der Waals surface area contributed by atoms with Crippen LogP contribution in [0.25, 0.3) is 21.8 Å². The van der Waals surface area contributed by atoms with Gasteiger partial charge >= 0.3 is 5.69 Å². The zero-order chi connectivity index (χ0) is 19.0. The third-order valence-electron chi connectivity index (χ3n) is 4.85. The van der Waals surface area contributed by atoms with E-state index >= 15 is 0 Å². The van der Waals surface area contributed by atoms with Gasteiger partial charge in [0.05, 0.1) is 18.0 Å². The first kappa shape index (κ1) is 17.0. The fraction of sp³-hybridized carbons (Fsp3) is 0.190. The van der Waals surface area contributed by atoms with Crippen LogP contribution in [0.1, 0.15) is 24.0 Å². The SMILES string of the molecule is CC1Cc2cccc1c2.COc1cccc2c1ncc1c(=O)[nH]c(=O)[nH]c12. The number of para-hydroxylation sites is 1. The second-order valence-corrected chi connectivity index (χ2v) is 6.66. The molecule has 6 heteroatoms. The maximum absolute atomic E-state index is 11.7. The van der Waals surface area contributed by atoms with Crippen molar-refractivity contribution in [2.75, 3.05) is 7.11 Å². The molecule has 0 saturated heterocycles. The maximum atomic E-state index is 11.7. The number of hydrogen-bond donors (Lipinski definition) is 2. The van der Waals surface area contributed by atoms with Gasteiger partial charge in [0.25, 0.3) is 5.56 Å². The summed E-state index contributed by atoms with van der Waals surface area (Å²) in [5.41, 5.74) is 3.09. The molecule has 6 nitrogen and oxygen atoms in total. The van der Waals surface area contributed by atoms with Crippen molar-refractivity contribution in [2.24, 2.45) is 0 Å². The summed E-state index contributed by atoms with van der Waals surface area (Å²) in [5, 5.41) is 1.02. The molecule has 0 fully saturated rings. The molecule has 27 heavy (non-hydrogen) atoms. The molecule has 1 aliphatic carbocycles.